The molecule has 0 radical (unpaired) electrons. The van der Waals surface area contributed by atoms with Gasteiger partial charge in [0.15, 0.2) is 0 Å². The molecule has 0 aliphatic rings. The minimum absolute atomic E-state index is 0.277. The van der Waals surface area contributed by atoms with E-state index in [1.54, 1.807) is 12.4 Å². The van der Waals surface area contributed by atoms with Gasteiger partial charge in [-0.3, -0.25) is 9.78 Å². The molecular weight excluding hydrogens is 238 g/mol. The number of hydrogen-bond donors (Lipinski definition) is 2. The quantitative estimate of drug-likeness (QED) is 0.772. The number of carbonyl (C=O) groups excluding carboxylic acids is 1. The van der Waals surface area contributed by atoms with Gasteiger partial charge in [-0.15, -0.1) is 0 Å². The monoisotopic (exact) mass is 255 g/mol. The lowest BCUT2D eigenvalue weighted by Crippen LogP contribution is -2.21. The highest BCUT2D eigenvalue weighted by Gasteiger charge is 1.98. The Morgan fingerprint density at radius 3 is 2.32 bits per heavy atom. The Kier molecular flexibility index (Phi) is 4.64. The summed E-state index contributed by atoms with van der Waals surface area (Å²) < 4.78 is 0. The van der Waals surface area contributed by atoms with Crippen molar-refractivity contribution < 1.29 is 4.79 Å². The van der Waals surface area contributed by atoms with Crippen LogP contribution in [0.15, 0.2) is 48.8 Å². The molecule has 1 heterocycles. The first kappa shape index (κ1) is 13.2. The summed E-state index contributed by atoms with van der Waals surface area (Å²) in [4.78, 5) is 14.6. The van der Waals surface area contributed by atoms with Crippen molar-refractivity contribution in [2.45, 2.75) is 13.0 Å². The van der Waals surface area contributed by atoms with E-state index in [2.05, 4.69) is 34.6 Å². The second-order valence-electron chi connectivity index (χ2n) is 4.33. The molecule has 19 heavy (non-hydrogen) atoms. The third-order valence-electron chi connectivity index (χ3n) is 2.84. The number of hydrogen-bond acceptors (Lipinski definition) is 3. The van der Waals surface area contributed by atoms with Crippen molar-refractivity contribution in [3.05, 3.63) is 54.4 Å². The molecule has 0 unspecified atom stereocenters. The number of amides is 1. The molecule has 1 aromatic carbocycles. The number of pyridine rings is 1. The maximum absolute atomic E-state index is 10.6. The molecule has 0 bridgehead atoms. The van der Waals surface area contributed by atoms with Crippen LogP contribution >= 0.6 is 0 Å². The third kappa shape index (κ3) is 4.19. The van der Waals surface area contributed by atoms with Crippen LogP contribution in [-0.4, -0.2) is 17.4 Å². The minimum Gasteiger partial charge on any atom is -0.370 e. The highest BCUT2D eigenvalue weighted by atomic mass is 16.1. The molecule has 4 heteroatoms. The zero-order valence-corrected chi connectivity index (χ0v) is 10.7. The van der Waals surface area contributed by atoms with Gasteiger partial charge in [0.2, 0.25) is 5.91 Å². The van der Waals surface area contributed by atoms with E-state index in [1.807, 2.05) is 12.1 Å². The molecule has 0 spiro atoms. The second-order valence-corrected chi connectivity index (χ2v) is 4.33. The Labute approximate surface area is 112 Å². The van der Waals surface area contributed by atoms with E-state index in [4.69, 9.17) is 5.73 Å². The standard InChI is InChI=1S/C15H17N3O/c16-15(19)7-10-18-11-12-1-3-13(4-2-12)14-5-8-17-9-6-14/h1-6,8-9,18H,7,10-11H2,(H2,16,19). The van der Waals surface area contributed by atoms with Crippen LogP contribution in [0.25, 0.3) is 11.1 Å². The maximum atomic E-state index is 10.6. The van der Waals surface area contributed by atoms with Crippen LogP contribution in [0.2, 0.25) is 0 Å². The second kappa shape index (κ2) is 6.66. The molecule has 0 aliphatic heterocycles. The molecule has 4 nitrogen and oxygen atoms in total. The molecule has 2 rings (SSSR count). The number of carbonyl (C=O) groups is 1. The number of aromatic nitrogens is 1. The topological polar surface area (TPSA) is 68.0 Å². The molecule has 2 aromatic rings. The number of benzene rings is 1. The van der Waals surface area contributed by atoms with Crippen molar-refractivity contribution >= 4 is 5.91 Å². The van der Waals surface area contributed by atoms with Gasteiger partial charge in [-0.2, -0.15) is 0 Å². The lowest BCUT2D eigenvalue weighted by atomic mass is 10.1. The Bertz CT molecular complexity index is 523. The Morgan fingerprint density at radius 1 is 1.05 bits per heavy atom. The van der Waals surface area contributed by atoms with Gasteiger partial charge in [0.25, 0.3) is 0 Å². The summed E-state index contributed by atoms with van der Waals surface area (Å²) in [5.41, 5.74) is 8.58. The fourth-order valence-electron chi connectivity index (χ4n) is 1.80. The van der Waals surface area contributed by atoms with Crippen LogP contribution in [0, 0.1) is 0 Å². The van der Waals surface area contributed by atoms with Crippen molar-refractivity contribution in [2.24, 2.45) is 5.73 Å². The molecule has 0 saturated carbocycles. The van der Waals surface area contributed by atoms with Gasteiger partial charge in [-0.05, 0) is 28.8 Å². The average Bonchev–Trinajstić information content (AvgIpc) is 2.45. The average molecular weight is 255 g/mol. The maximum Gasteiger partial charge on any atom is 0.218 e. The highest BCUT2D eigenvalue weighted by Crippen LogP contribution is 2.18. The van der Waals surface area contributed by atoms with Gasteiger partial charge in [-0.25, -0.2) is 0 Å². The molecule has 1 amide bonds. The normalized spacial score (nSPS) is 10.3. The summed E-state index contributed by atoms with van der Waals surface area (Å²) in [5, 5.41) is 3.18. The number of primary amides is 1. The summed E-state index contributed by atoms with van der Waals surface area (Å²) in [5.74, 6) is -0.277. The van der Waals surface area contributed by atoms with Crippen molar-refractivity contribution in [3.8, 4) is 11.1 Å². The van der Waals surface area contributed by atoms with E-state index in [1.165, 1.54) is 11.1 Å². The van der Waals surface area contributed by atoms with E-state index in [0.717, 1.165) is 12.1 Å². The van der Waals surface area contributed by atoms with Crippen molar-refractivity contribution in [1.82, 2.24) is 10.3 Å². The van der Waals surface area contributed by atoms with Crippen LogP contribution < -0.4 is 11.1 Å². The van der Waals surface area contributed by atoms with Gasteiger partial charge in [0.1, 0.15) is 0 Å². The van der Waals surface area contributed by atoms with Crippen LogP contribution in [0.3, 0.4) is 0 Å². The van der Waals surface area contributed by atoms with Crippen molar-refractivity contribution in [3.63, 3.8) is 0 Å². The predicted molar refractivity (Wildman–Crippen MR) is 75.2 cm³/mol. The van der Waals surface area contributed by atoms with Crippen molar-refractivity contribution in [1.29, 1.82) is 0 Å². The Morgan fingerprint density at radius 2 is 1.68 bits per heavy atom. The number of nitrogens with one attached hydrogen (secondary N) is 1. The fourth-order valence-corrected chi connectivity index (χ4v) is 1.80. The number of nitrogens with two attached hydrogens (primary N) is 1. The molecule has 3 N–H and O–H groups in total. The van der Waals surface area contributed by atoms with E-state index >= 15 is 0 Å². The molecule has 0 saturated heterocycles. The number of nitrogens with zero attached hydrogens (tertiary/aromatic N) is 1. The Hall–Kier alpha value is -2.20. The van der Waals surface area contributed by atoms with Crippen LogP contribution in [0.5, 0.6) is 0 Å². The lowest BCUT2D eigenvalue weighted by Gasteiger charge is -2.05. The first-order valence-corrected chi connectivity index (χ1v) is 6.24. The van der Waals surface area contributed by atoms with E-state index in [9.17, 15) is 4.79 Å². The molecule has 0 fully saturated rings. The van der Waals surface area contributed by atoms with E-state index < -0.39 is 0 Å². The van der Waals surface area contributed by atoms with Gasteiger partial charge >= 0.3 is 0 Å². The zero-order valence-electron chi connectivity index (χ0n) is 10.7. The fraction of sp³-hybridized carbons (Fsp3) is 0.200. The van der Waals surface area contributed by atoms with E-state index in [-0.39, 0.29) is 5.91 Å². The predicted octanol–water partition coefficient (Wildman–Crippen LogP) is 1.71. The molecular formula is C15H17N3O. The van der Waals surface area contributed by atoms with Gasteiger partial charge in [0, 0.05) is 31.9 Å². The molecule has 0 aliphatic carbocycles. The summed E-state index contributed by atoms with van der Waals surface area (Å²) in [7, 11) is 0. The summed E-state index contributed by atoms with van der Waals surface area (Å²) >= 11 is 0. The Balaban J connectivity index is 1.90. The first-order chi connectivity index (χ1) is 9.25. The molecule has 98 valence electrons. The van der Waals surface area contributed by atoms with Crippen LogP contribution in [0.1, 0.15) is 12.0 Å². The smallest absolute Gasteiger partial charge is 0.218 e. The van der Waals surface area contributed by atoms with Gasteiger partial charge in [0.05, 0.1) is 0 Å². The number of rotatable bonds is 6. The molecule has 1 aromatic heterocycles. The third-order valence-corrected chi connectivity index (χ3v) is 2.84. The van der Waals surface area contributed by atoms with Gasteiger partial charge < -0.3 is 11.1 Å². The summed E-state index contributed by atoms with van der Waals surface area (Å²) in [6, 6.07) is 12.3. The van der Waals surface area contributed by atoms with Crippen LogP contribution in [0.4, 0.5) is 0 Å². The first-order valence-electron chi connectivity index (χ1n) is 6.24. The van der Waals surface area contributed by atoms with Crippen LogP contribution in [-0.2, 0) is 11.3 Å². The van der Waals surface area contributed by atoms with Gasteiger partial charge in [-0.1, -0.05) is 24.3 Å². The summed E-state index contributed by atoms with van der Waals surface area (Å²) in [6.45, 7) is 1.35. The highest BCUT2D eigenvalue weighted by molar-refractivity contribution is 5.73. The minimum atomic E-state index is -0.277. The SMILES string of the molecule is NC(=O)CCNCc1ccc(-c2ccncc2)cc1. The largest absolute Gasteiger partial charge is 0.370 e. The lowest BCUT2D eigenvalue weighted by molar-refractivity contribution is -0.117. The zero-order chi connectivity index (χ0) is 13.5. The summed E-state index contributed by atoms with van der Waals surface area (Å²) in [6.07, 6.45) is 3.94. The molecule has 0 atom stereocenters. The van der Waals surface area contributed by atoms with Crippen molar-refractivity contribution in [2.75, 3.05) is 6.54 Å². The van der Waals surface area contributed by atoms with E-state index in [0.29, 0.717) is 13.0 Å².